The van der Waals surface area contributed by atoms with E-state index >= 15 is 0 Å². The molecule has 0 aromatic heterocycles. The average Bonchev–Trinajstić information content (AvgIpc) is 1.78. The molecule has 0 saturated heterocycles. The van der Waals surface area contributed by atoms with Gasteiger partial charge in [0.2, 0.25) is 0 Å². The molecule has 0 aromatic carbocycles. The topological polar surface area (TPSA) is 9.23 Å². The van der Waals surface area contributed by atoms with Gasteiger partial charge in [0.25, 0.3) is 0 Å². The predicted octanol–water partition coefficient (Wildman–Crippen LogP) is 3.39. The fourth-order valence-corrected chi connectivity index (χ4v) is 0.926. The fraction of sp³-hybridized carbons (Fsp3) is 1.00. The standard InChI is InChI=1S/C9H17F3O/c1-7(2)5-13-8(3,4)6-9(10,11)12/h7H,5-6H2,1-4H3. The number of hydrogen-bond acceptors (Lipinski definition) is 1. The first-order valence-electron chi connectivity index (χ1n) is 4.33. The van der Waals surface area contributed by atoms with Gasteiger partial charge in [-0.05, 0) is 19.8 Å². The van der Waals surface area contributed by atoms with Crippen molar-refractivity contribution >= 4 is 0 Å². The van der Waals surface area contributed by atoms with E-state index < -0.39 is 18.2 Å². The maximum absolute atomic E-state index is 12.0. The summed E-state index contributed by atoms with van der Waals surface area (Å²) in [5.41, 5.74) is -1.11. The van der Waals surface area contributed by atoms with Gasteiger partial charge in [-0.2, -0.15) is 13.2 Å². The Kier molecular flexibility index (Phi) is 4.23. The highest BCUT2D eigenvalue weighted by atomic mass is 19.4. The Labute approximate surface area is 77.3 Å². The maximum atomic E-state index is 12.0. The van der Waals surface area contributed by atoms with Crippen molar-refractivity contribution in [1.29, 1.82) is 0 Å². The van der Waals surface area contributed by atoms with Crippen LogP contribution in [0, 0.1) is 5.92 Å². The van der Waals surface area contributed by atoms with Crippen molar-refractivity contribution < 1.29 is 17.9 Å². The van der Waals surface area contributed by atoms with Gasteiger partial charge in [0, 0.05) is 6.61 Å². The fourth-order valence-electron chi connectivity index (χ4n) is 0.926. The lowest BCUT2D eigenvalue weighted by molar-refractivity contribution is -0.182. The molecule has 4 heteroatoms. The summed E-state index contributed by atoms with van der Waals surface area (Å²) >= 11 is 0. The van der Waals surface area contributed by atoms with Crippen LogP contribution < -0.4 is 0 Å². The number of rotatable bonds is 4. The molecule has 0 spiro atoms. The summed E-state index contributed by atoms with van der Waals surface area (Å²) in [7, 11) is 0. The molecule has 0 aliphatic carbocycles. The van der Waals surface area contributed by atoms with E-state index in [-0.39, 0.29) is 5.92 Å². The average molecular weight is 198 g/mol. The monoisotopic (exact) mass is 198 g/mol. The second-order valence-corrected chi connectivity index (χ2v) is 4.26. The summed E-state index contributed by atoms with van der Waals surface area (Å²) in [6.45, 7) is 7.10. The lowest BCUT2D eigenvalue weighted by atomic mass is 10.0. The molecule has 1 nitrogen and oxygen atoms in total. The lowest BCUT2D eigenvalue weighted by Crippen LogP contribution is -2.32. The minimum Gasteiger partial charge on any atom is -0.375 e. The van der Waals surface area contributed by atoms with Crippen molar-refractivity contribution in [3.63, 3.8) is 0 Å². The van der Waals surface area contributed by atoms with E-state index in [2.05, 4.69) is 0 Å². The Bertz CT molecular complexity index is 149. The third kappa shape index (κ3) is 8.09. The van der Waals surface area contributed by atoms with Gasteiger partial charge in [-0.15, -0.1) is 0 Å². The van der Waals surface area contributed by atoms with Gasteiger partial charge in [-0.3, -0.25) is 0 Å². The third-order valence-electron chi connectivity index (χ3n) is 1.43. The normalized spacial score (nSPS) is 13.8. The minimum absolute atomic E-state index is 0.257. The van der Waals surface area contributed by atoms with Crippen LogP contribution in [0.5, 0.6) is 0 Å². The summed E-state index contributed by atoms with van der Waals surface area (Å²) in [4.78, 5) is 0. The molecule has 0 amide bonds. The Balaban J connectivity index is 3.94. The number of alkyl halides is 3. The molecule has 0 aliphatic rings. The van der Waals surface area contributed by atoms with Crippen LogP contribution in [0.4, 0.5) is 13.2 Å². The molecule has 80 valence electrons. The van der Waals surface area contributed by atoms with Gasteiger partial charge < -0.3 is 4.74 Å². The summed E-state index contributed by atoms with van der Waals surface area (Å²) in [5, 5.41) is 0. The van der Waals surface area contributed by atoms with E-state index in [1.165, 1.54) is 13.8 Å². The molecule has 0 aromatic rings. The molecule has 0 atom stereocenters. The molecule has 0 N–H and O–H groups in total. The first kappa shape index (κ1) is 12.8. The van der Waals surface area contributed by atoms with E-state index in [9.17, 15) is 13.2 Å². The molecule has 13 heavy (non-hydrogen) atoms. The smallest absolute Gasteiger partial charge is 0.375 e. The third-order valence-corrected chi connectivity index (χ3v) is 1.43. The van der Waals surface area contributed by atoms with Crippen molar-refractivity contribution in [2.24, 2.45) is 5.92 Å². The first-order chi connectivity index (χ1) is 5.62. The Hall–Kier alpha value is -0.250. The molecule has 0 radical (unpaired) electrons. The van der Waals surface area contributed by atoms with Crippen LogP contribution in [-0.4, -0.2) is 18.4 Å². The van der Waals surface area contributed by atoms with Crippen molar-refractivity contribution in [2.75, 3.05) is 6.61 Å². The van der Waals surface area contributed by atoms with Crippen molar-refractivity contribution in [3.8, 4) is 0 Å². The second kappa shape index (κ2) is 4.31. The SMILES string of the molecule is CC(C)COC(C)(C)CC(F)(F)F. The first-order valence-corrected chi connectivity index (χ1v) is 4.33. The number of hydrogen-bond donors (Lipinski definition) is 0. The van der Waals surface area contributed by atoms with Gasteiger partial charge in [0.15, 0.2) is 0 Å². The summed E-state index contributed by atoms with van der Waals surface area (Å²) in [6, 6.07) is 0. The van der Waals surface area contributed by atoms with E-state index in [0.717, 1.165) is 0 Å². The quantitative estimate of drug-likeness (QED) is 0.672. The molecule has 0 rings (SSSR count). The van der Waals surface area contributed by atoms with Crippen molar-refractivity contribution in [1.82, 2.24) is 0 Å². The Morgan fingerprint density at radius 1 is 1.15 bits per heavy atom. The van der Waals surface area contributed by atoms with Crippen LogP contribution in [-0.2, 0) is 4.74 Å². The zero-order valence-corrected chi connectivity index (χ0v) is 8.53. The van der Waals surface area contributed by atoms with Crippen molar-refractivity contribution in [2.45, 2.75) is 45.9 Å². The van der Waals surface area contributed by atoms with Crippen LogP contribution in [0.3, 0.4) is 0 Å². The molecular formula is C9H17F3O. The van der Waals surface area contributed by atoms with Crippen LogP contribution in [0.25, 0.3) is 0 Å². The zero-order chi connectivity index (χ0) is 10.7. The van der Waals surface area contributed by atoms with Crippen LogP contribution in [0.1, 0.15) is 34.1 Å². The highest BCUT2D eigenvalue weighted by molar-refractivity contribution is 4.73. The second-order valence-electron chi connectivity index (χ2n) is 4.26. The van der Waals surface area contributed by atoms with Gasteiger partial charge >= 0.3 is 6.18 Å². The molecular weight excluding hydrogens is 181 g/mol. The van der Waals surface area contributed by atoms with Gasteiger partial charge in [0.1, 0.15) is 0 Å². The van der Waals surface area contributed by atoms with Crippen LogP contribution >= 0.6 is 0 Å². The van der Waals surface area contributed by atoms with Crippen LogP contribution in [0.15, 0.2) is 0 Å². The number of ether oxygens (including phenoxy) is 1. The molecule has 0 bridgehead atoms. The molecule has 0 unspecified atom stereocenters. The van der Waals surface area contributed by atoms with E-state index in [1.807, 2.05) is 13.8 Å². The van der Waals surface area contributed by atoms with E-state index in [4.69, 9.17) is 4.74 Å². The predicted molar refractivity (Wildman–Crippen MR) is 45.5 cm³/mol. The van der Waals surface area contributed by atoms with Crippen LogP contribution in [0.2, 0.25) is 0 Å². The molecule has 0 heterocycles. The maximum Gasteiger partial charge on any atom is 0.391 e. The van der Waals surface area contributed by atoms with Gasteiger partial charge in [-0.1, -0.05) is 13.8 Å². The summed E-state index contributed by atoms with van der Waals surface area (Å²) in [6.07, 6.45) is -5.05. The van der Waals surface area contributed by atoms with E-state index in [0.29, 0.717) is 6.61 Å². The van der Waals surface area contributed by atoms with Crippen molar-refractivity contribution in [3.05, 3.63) is 0 Å². The Morgan fingerprint density at radius 2 is 1.62 bits per heavy atom. The lowest BCUT2D eigenvalue weighted by Gasteiger charge is -2.27. The molecule has 0 fully saturated rings. The minimum atomic E-state index is -4.15. The summed E-state index contributed by atoms with van der Waals surface area (Å²) < 4.78 is 41.1. The highest BCUT2D eigenvalue weighted by Gasteiger charge is 2.37. The molecule has 0 aliphatic heterocycles. The number of halogens is 3. The van der Waals surface area contributed by atoms with Gasteiger partial charge in [-0.25, -0.2) is 0 Å². The summed E-state index contributed by atoms with van der Waals surface area (Å²) in [5.74, 6) is 0.257. The largest absolute Gasteiger partial charge is 0.391 e. The van der Waals surface area contributed by atoms with Gasteiger partial charge in [0.05, 0.1) is 12.0 Å². The Morgan fingerprint density at radius 3 is 1.92 bits per heavy atom. The highest BCUT2D eigenvalue weighted by Crippen LogP contribution is 2.29. The molecule has 0 saturated carbocycles. The van der Waals surface area contributed by atoms with E-state index in [1.54, 1.807) is 0 Å². The zero-order valence-electron chi connectivity index (χ0n) is 8.53.